The lowest BCUT2D eigenvalue weighted by atomic mass is 10.0. The molecule has 2 aromatic heterocycles. The molecule has 0 aliphatic heterocycles. The van der Waals surface area contributed by atoms with E-state index in [1.165, 1.54) is 0 Å². The van der Waals surface area contributed by atoms with Gasteiger partial charge in [0.1, 0.15) is 11.3 Å². The van der Waals surface area contributed by atoms with Crippen LogP contribution in [0.2, 0.25) is 0 Å². The normalized spacial score (nSPS) is 14.2. The van der Waals surface area contributed by atoms with Crippen LogP contribution < -0.4 is 5.32 Å². The second-order valence-corrected chi connectivity index (χ2v) is 5.45. The lowest BCUT2D eigenvalue weighted by Gasteiger charge is -2.22. The molecule has 0 saturated heterocycles. The van der Waals surface area contributed by atoms with Crippen molar-refractivity contribution in [2.24, 2.45) is 0 Å². The van der Waals surface area contributed by atoms with E-state index in [4.69, 9.17) is 0 Å². The number of carbonyl (C=O) groups excluding carboxylic acids is 1. The summed E-state index contributed by atoms with van der Waals surface area (Å²) in [6, 6.07) is 5.73. The van der Waals surface area contributed by atoms with Gasteiger partial charge in [0, 0.05) is 18.4 Å². The number of rotatable bonds is 5. The van der Waals surface area contributed by atoms with Crippen molar-refractivity contribution in [3.8, 4) is 0 Å². The number of pyridine rings is 1. The van der Waals surface area contributed by atoms with Crippen LogP contribution >= 0.6 is 0 Å². The largest absolute Gasteiger partial charge is 0.388 e. The van der Waals surface area contributed by atoms with Crippen LogP contribution in [0, 0.1) is 6.92 Å². The van der Waals surface area contributed by atoms with Crippen molar-refractivity contribution in [3.05, 3.63) is 35.8 Å². The van der Waals surface area contributed by atoms with Gasteiger partial charge in [-0.2, -0.15) is 0 Å². The zero-order chi connectivity index (χ0) is 14.8. The molecule has 0 fully saturated rings. The molecule has 1 unspecified atom stereocenters. The van der Waals surface area contributed by atoms with Crippen molar-refractivity contribution in [1.29, 1.82) is 0 Å². The van der Waals surface area contributed by atoms with E-state index in [1.807, 2.05) is 36.4 Å². The second kappa shape index (κ2) is 5.63. The third-order valence-electron chi connectivity index (χ3n) is 3.35. The monoisotopic (exact) mass is 275 g/mol. The molecule has 20 heavy (non-hydrogen) atoms. The maximum absolute atomic E-state index is 12.1. The molecule has 0 spiro atoms. The van der Waals surface area contributed by atoms with Gasteiger partial charge < -0.3 is 14.8 Å². The number of hydrogen-bond acceptors (Lipinski definition) is 3. The molecule has 0 aliphatic carbocycles. The Morgan fingerprint density at radius 2 is 2.25 bits per heavy atom. The zero-order valence-electron chi connectivity index (χ0n) is 12.2. The van der Waals surface area contributed by atoms with Crippen molar-refractivity contribution in [2.45, 2.75) is 39.2 Å². The van der Waals surface area contributed by atoms with Crippen molar-refractivity contribution in [2.75, 3.05) is 6.54 Å². The van der Waals surface area contributed by atoms with Crippen molar-refractivity contribution < 1.29 is 9.90 Å². The molecule has 0 saturated carbocycles. The SMILES string of the molecule is CCCC(C)(O)CNC(=O)c1cn2c(C)cccc2n1. The van der Waals surface area contributed by atoms with E-state index in [2.05, 4.69) is 10.3 Å². The first-order chi connectivity index (χ1) is 9.43. The number of fused-ring (bicyclic) bond motifs is 1. The van der Waals surface area contributed by atoms with Crippen LogP contribution in [0.1, 0.15) is 42.9 Å². The molecule has 1 amide bonds. The maximum Gasteiger partial charge on any atom is 0.271 e. The first kappa shape index (κ1) is 14.5. The third kappa shape index (κ3) is 3.17. The molecule has 5 heteroatoms. The first-order valence-corrected chi connectivity index (χ1v) is 6.88. The van der Waals surface area contributed by atoms with E-state index in [1.54, 1.807) is 13.1 Å². The molecule has 0 bridgehead atoms. The number of aliphatic hydroxyl groups is 1. The maximum atomic E-state index is 12.1. The molecule has 2 aromatic rings. The number of nitrogens with one attached hydrogen (secondary N) is 1. The number of carbonyl (C=O) groups is 1. The number of imidazole rings is 1. The standard InChI is InChI=1S/C15H21N3O2/c1-4-8-15(3,20)10-16-14(19)12-9-18-11(2)6-5-7-13(18)17-12/h5-7,9,20H,4,8,10H2,1-3H3,(H,16,19). The Bertz CT molecular complexity index is 617. The summed E-state index contributed by atoms with van der Waals surface area (Å²) in [7, 11) is 0. The van der Waals surface area contributed by atoms with E-state index in [0.717, 1.165) is 17.8 Å². The molecule has 5 nitrogen and oxygen atoms in total. The summed E-state index contributed by atoms with van der Waals surface area (Å²) in [6.45, 7) is 5.92. The van der Waals surface area contributed by atoms with Crippen molar-refractivity contribution in [1.82, 2.24) is 14.7 Å². The van der Waals surface area contributed by atoms with Crippen LogP contribution in [-0.4, -0.2) is 32.5 Å². The summed E-state index contributed by atoms with van der Waals surface area (Å²) in [5.41, 5.74) is 1.26. The topological polar surface area (TPSA) is 66.6 Å². The number of nitrogens with zero attached hydrogens (tertiary/aromatic N) is 2. The molecule has 0 aromatic carbocycles. The van der Waals surface area contributed by atoms with Crippen LogP contribution in [0.25, 0.3) is 5.65 Å². The van der Waals surface area contributed by atoms with Gasteiger partial charge in [0.2, 0.25) is 0 Å². The van der Waals surface area contributed by atoms with Crippen LogP contribution in [-0.2, 0) is 0 Å². The highest BCUT2D eigenvalue weighted by Crippen LogP contribution is 2.11. The summed E-state index contributed by atoms with van der Waals surface area (Å²) in [6.07, 6.45) is 3.24. The molecule has 2 N–H and O–H groups in total. The minimum atomic E-state index is -0.876. The quantitative estimate of drug-likeness (QED) is 0.876. The van der Waals surface area contributed by atoms with Gasteiger partial charge in [-0.25, -0.2) is 4.98 Å². The van der Waals surface area contributed by atoms with Crippen molar-refractivity contribution >= 4 is 11.6 Å². The van der Waals surface area contributed by atoms with Crippen LogP contribution in [0.15, 0.2) is 24.4 Å². The molecule has 2 rings (SSSR count). The molecule has 2 heterocycles. The van der Waals surface area contributed by atoms with Crippen LogP contribution in [0.4, 0.5) is 0 Å². The Hall–Kier alpha value is -1.88. The van der Waals surface area contributed by atoms with Crippen LogP contribution in [0.3, 0.4) is 0 Å². The van der Waals surface area contributed by atoms with E-state index >= 15 is 0 Å². The van der Waals surface area contributed by atoms with Crippen molar-refractivity contribution in [3.63, 3.8) is 0 Å². The van der Waals surface area contributed by atoms with E-state index in [9.17, 15) is 9.90 Å². The zero-order valence-corrected chi connectivity index (χ0v) is 12.2. The molecular weight excluding hydrogens is 254 g/mol. The molecule has 0 aliphatic rings. The fourth-order valence-electron chi connectivity index (χ4n) is 2.25. The Balaban J connectivity index is 2.10. The van der Waals surface area contributed by atoms with Gasteiger partial charge in [0.05, 0.1) is 5.60 Å². The predicted molar refractivity (Wildman–Crippen MR) is 77.8 cm³/mol. The molecular formula is C15H21N3O2. The summed E-state index contributed by atoms with van der Waals surface area (Å²) < 4.78 is 1.87. The fraction of sp³-hybridized carbons (Fsp3) is 0.467. The minimum absolute atomic E-state index is 0.229. The van der Waals surface area contributed by atoms with Gasteiger partial charge in [-0.15, -0.1) is 0 Å². The molecule has 108 valence electrons. The summed E-state index contributed by atoms with van der Waals surface area (Å²) in [5.74, 6) is -0.260. The smallest absolute Gasteiger partial charge is 0.271 e. The van der Waals surface area contributed by atoms with Gasteiger partial charge >= 0.3 is 0 Å². The van der Waals surface area contributed by atoms with Gasteiger partial charge in [0.25, 0.3) is 5.91 Å². The number of hydrogen-bond donors (Lipinski definition) is 2. The number of aryl methyl sites for hydroxylation is 1. The van der Waals surface area contributed by atoms with Gasteiger partial charge in [-0.1, -0.05) is 19.4 Å². The van der Waals surface area contributed by atoms with Gasteiger partial charge in [-0.3, -0.25) is 4.79 Å². The number of aromatic nitrogens is 2. The van der Waals surface area contributed by atoms with Crippen LogP contribution in [0.5, 0.6) is 0 Å². The van der Waals surface area contributed by atoms with E-state index in [0.29, 0.717) is 12.1 Å². The highest BCUT2D eigenvalue weighted by molar-refractivity contribution is 5.92. The predicted octanol–water partition coefficient (Wildman–Crippen LogP) is 1.92. The minimum Gasteiger partial charge on any atom is -0.388 e. The average molecular weight is 275 g/mol. The average Bonchev–Trinajstić information content (AvgIpc) is 2.81. The number of amides is 1. The third-order valence-corrected chi connectivity index (χ3v) is 3.35. The summed E-state index contributed by atoms with van der Waals surface area (Å²) in [5, 5.41) is 12.8. The van der Waals surface area contributed by atoms with Gasteiger partial charge in [0.15, 0.2) is 0 Å². The highest BCUT2D eigenvalue weighted by Gasteiger charge is 2.21. The Labute approximate surface area is 118 Å². The summed E-state index contributed by atoms with van der Waals surface area (Å²) >= 11 is 0. The Morgan fingerprint density at radius 3 is 2.90 bits per heavy atom. The highest BCUT2D eigenvalue weighted by atomic mass is 16.3. The van der Waals surface area contributed by atoms with Gasteiger partial charge in [-0.05, 0) is 32.4 Å². The molecule has 0 radical (unpaired) electrons. The van der Waals surface area contributed by atoms with E-state index < -0.39 is 5.60 Å². The molecule has 1 atom stereocenters. The lowest BCUT2D eigenvalue weighted by Crippen LogP contribution is -2.40. The summed E-state index contributed by atoms with van der Waals surface area (Å²) in [4.78, 5) is 16.4. The lowest BCUT2D eigenvalue weighted by molar-refractivity contribution is 0.0468. The second-order valence-electron chi connectivity index (χ2n) is 5.45. The Morgan fingerprint density at radius 1 is 1.50 bits per heavy atom. The fourth-order valence-corrected chi connectivity index (χ4v) is 2.25. The first-order valence-electron chi connectivity index (χ1n) is 6.88. The van der Waals surface area contributed by atoms with E-state index in [-0.39, 0.29) is 12.5 Å². The Kier molecular flexibility index (Phi) is 4.09.